The Morgan fingerprint density at radius 1 is 1.56 bits per heavy atom. The van der Waals surface area contributed by atoms with Crippen molar-refractivity contribution in [1.82, 2.24) is 0 Å². The summed E-state index contributed by atoms with van der Waals surface area (Å²) in [6.45, 7) is 2.00. The molecule has 0 aromatic heterocycles. The third-order valence-electron chi connectivity index (χ3n) is 1.09. The first-order chi connectivity index (χ1) is 4.33. The highest BCUT2D eigenvalue weighted by molar-refractivity contribution is 7.79. The maximum atomic E-state index is 4.72. The fourth-order valence-corrected chi connectivity index (χ4v) is 0.813. The third kappa shape index (κ3) is 1.61. The van der Waals surface area contributed by atoms with E-state index in [-0.39, 0.29) is 0 Å². The van der Waals surface area contributed by atoms with Gasteiger partial charge in [0.25, 0.3) is 0 Å². The zero-order chi connectivity index (χ0) is 6.69. The van der Waals surface area contributed by atoms with E-state index in [0.717, 1.165) is 11.1 Å². The second-order valence-electron chi connectivity index (χ2n) is 1.91. The van der Waals surface area contributed by atoms with Crippen LogP contribution in [-0.2, 0) is 0 Å². The van der Waals surface area contributed by atoms with Crippen LogP contribution in [0, 0.1) is 13.0 Å². The van der Waals surface area contributed by atoms with E-state index >= 15 is 0 Å². The Balaban J connectivity index is 3.07. The van der Waals surface area contributed by atoms with Crippen molar-refractivity contribution in [2.45, 2.75) is 6.92 Å². The molecule has 0 N–H and O–H groups in total. The van der Waals surface area contributed by atoms with E-state index in [1.165, 1.54) is 0 Å². The molecule has 0 bridgehead atoms. The fourth-order valence-electron chi connectivity index (χ4n) is 0.676. The van der Waals surface area contributed by atoms with E-state index in [1.807, 2.05) is 25.1 Å². The van der Waals surface area contributed by atoms with Gasteiger partial charge in [-0.15, -0.1) is 0 Å². The van der Waals surface area contributed by atoms with Gasteiger partial charge in [0.2, 0.25) is 0 Å². The molecule has 0 spiro atoms. The molecule has 9 heavy (non-hydrogen) atoms. The zero-order valence-corrected chi connectivity index (χ0v) is 6.03. The number of hydrogen-bond donors (Lipinski definition) is 0. The Bertz CT molecular complexity index is 216. The number of aryl methyl sites for hydroxylation is 1. The molecule has 0 saturated heterocycles. The highest BCUT2D eigenvalue weighted by Crippen LogP contribution is 1.98. The lowest BCUT2D eigenvalue weighted by atomic mass is 10.2. The number of rotatable bonds is 1. The van der Waals surface area contributed by atoms with Gasteiger partial charge in [0.1, 0.15) is 0 Å². The summed E-state index contributed by atoms with van der Waals surface area (Å²) in [5, 5.41) is 1.63. The van der Waals surface area contributed by atoms with Crippen LogP contribution in [0.3, 0.4) is 0 Å². The molecule has 0 saturated carbocycles. The Labute approximate surface area is 60.5 Å². The topological polar surface area (TPSA) is 0 Å². The molecule has 0 unspecified atom stereocenters. The van der Waals surface area contributed by atoms with E-state index in [2.05, 4.69) is 6.07 Å². The molecule has 0 fully saturated rings. The van der Waals surface area contributed by atoms with Gasteiger partial charge in [0.05, 0.1) is 0 Å². The van der Waals surface area contributed by atoms with Crippen molar-refractivity contribution in [2.24, 2.45) is 0 Å². The van der Waals surface area contributed by atoms with Crippen molar-refractivity contribution >= 4 is 17.6 Å². The van der Waals surface area contributed by atoms with Crippen LogP contribution in [0.25, 0.3) is 0 Å². The maximum Gasteiger partial charge on any atom is 0.00924 e. The highest BCUT2D eigenvalue weighted by atomic mass is 32.1. The molecule has 0 nitrogen and oxygen atoms in total. The minimum absolute atomic E-state index is 0.991. The Morgan fingerprint density at radius 2 is 2.33 bits per heavy atom. The summed E-state index contributed by atoms with van der Waals surface area (Å²) in [6.07, 6.45) is 0. The summed E-state index contributed by atoms with van der Waals surface area (Å²) >= 11 is 4.72. The number of hydrogen-bond acceptors (Lipinski definition) is 1. The largest absolute Gasteiger partial charge is 0.0881 e. The minimum atomic E-state index is 0.991. The predicted octanol–water partition coefficient (Wildman–Crippen LogP) is 2.14. The zero-order valence-electron chi connectivity index (χ0n) is 5.22. The molecule has 1 rings (SSSR count). The van der Waals surface area contributed by atoms with Gasteiger partial charge in [-0.1, -0.05) is 30.4 Å². The van der Waals surface area contributed by atoms with Gasteiger partial charge in [-0.2, -0.15) is 0 Å². The van der Waals surface area contributed by atoms with Crippen LogP contribution in [0.5, 0.6) is 0 Å². The molecule has 0 heterocycles. The lowest BCUT2D eigenvalue weighted by Crippen LogP contribution is -1.78. The quantitative estimate of drug-likeness (QED) is 0.532. The van der Waals surface area contributed by atoms with Crippen LogP contribution in [0.4, 0.5) is 0 Å². The normalized spacial score (nSPS) is 9.00. The number of benzene rings is 1. The minimum Gasteiger partial charge on any atom is -0.0881 e. The van der Waals surface area contributed by atoms with Crippen molar-refractivity contribution < 1.29 is 0 Å². The molecular weight excluding hydrogens is 128 g/mol. The number of thiocarbonyl (C=S) groups is 1. The Morgan fingerprint density at radius 3 is 2.78 bits per heavy atom. The first-order valence-corrected chi connectivity index (χ1v) is 3.24. The third-order valence-corrected chi connectivity index (χ3v) is 1.34. The van der Waals surface area contributed by atoms with Crippen molar-refractivity contribution in [3.05, 3.63) is 35.4 Å². The van der Waals surface area contributed by atoms with Crippen LogP contribution >= 0.6 is 12.2 Å². The van der Waals surface area contributed by atoms with Gasteiger partial charge in [0.15, 0.2) is 0 Å². The molecule has 1 heteroatoms. The van der Waals surface area contributed by atoms with E-state index < -0.39 is 0 Å². The van der Waals surface area contributed by atoms with E-state index in [1.54, 1.807) is 5.37 Å². The summed E-state index contributed by atoms with van der Waals surface area (Å²) < 4.78 is 0. The monoisotopic (exact) mass is 135 g/mol. The average molecular weight is 135 g/mol. The molecule has 1 aromatic rings. The Hall–Kier alpha value is -0.690. The summed E-state index contributed by atoms with van der Waals surface area (Å²) in [5.41, 5.74) is 2.12. The standard InChI is InChI=1S/C8H7S/c1-7-3-2-4-8(5-7)6-9/h2-4,6H,1H3. The van der Waals surface area contributed by atoms with E-state index in [4.69, 9.17) is 12.2 Å². The second kappa shape index (κ2) is 2.74. The second-order valence-corrected chi connectivity index (χ2v) is 2.14. The van der Waals surface area contributed by atoms with Gasteiger partial charge in [-0.05, 0) is 24.1 Å². The van der Waals surface area contributed by atoms with Crippen molar-refractivity contribution in [2.75, 3.05) is 0 Å². The van der Waals surface area contributed by atoms with Crippen LogP contribution in [0.15, 0.2) is 18.2 Å². The van der Waals surface area contributed by atoms with Gasteiger partial charge < -0.3 is 0 Å². The van der Waals surface area contributed by atoms with Crippen molar-refractivity contribution in [3.8, 4) is 0 Å². The van der Waals surface area contributed by atoms with Crippen molar-refractivity contribution in [1.29, 1.82) is 0 Å². The molecular formula is C8H7S. The van der Waals surface area contributed by atoms with Gasteiger partial charge >= 0.3 is 0 Å². The van der Waals surface area contributed by atoms with Crippen LogP contribution in [0.1, 0.15) is 11.1 Å². The maximum absolute atomic E-state index is 4.72. The highest BCUT2D eigenvalue weighted by Gasteiger charge is 1.85. The van der Waals surface area contributed by atoms with Crippen molar-refractivity contribution in [3.63, 3.8) is 0 Å². The van der Waals surface area contributed by atoms with E-state index in [0.29, 0.717) is 0 Å². The molecule has 1 aromatic carbocycles. The van der Waals surface area contributed by atoms with Gasteiger partial charge in [-0.3, -0.25) is 0 Å². The lowest BCUT2D eigenvalue weighted by Gasteiger charge is -1.90. The molecule has 0 aliphatic carbocycles. The molecule has 0 atom stereocenters. The molecule has 0 amide bonds. The average Bonchev–Trinajstić information content (AvgIpc) is 1.88. The fraction of sp³-hybridized carbons (Fsp3) is 0.125. The predicted molar refractivity (Wildman–Crippen MR) is 42.8 cm³/mol. The molecule has 0 aliphatic heterocycles. The molecule has 0 aliphatic rings. The molecule has 45 valence electrons. The first kappa shape index (κ1) is 6.43. The Kier molecular flexibility index (Phi) is 1.96. The SMILES string of the molecule is Cc1[c]c(C=S)ccc1. The summed E-state index contributed by atoms with van der Waals surface area (Å²) in [6, 6.07) is 9.02. The van der Waals surface area contributed by atoms with Crippen LogP contribution in [-0.4, -0.2) is 5.37 Å². The van der Waals surface area contributed by atoms with Gasteiger partial charge in [-0.25, -0.2) is 0 Å². The lowest BCUT2D eigenvalue weighted by molar-refractivity contribution is 1.45. The summed E-state index contributed by atoms with van der Waals surface area (Å²) in [7, 11) is 0. The van der Waals surface area contributed by atoms with Crippen LogP contribution in [0.2, 0.25) is 0 Å². The first-order valence-electron chi connectivity index (χ1n) is 2.77. The summed E-state index contributed by atoms with van der Waals surface area (Å²) in [5.74, 6) is 0. The smallest absolute Gasteiger partial charge is 0.00924 e. The van der Waals surface area contributed by atoms with E-state index in [9.17, 15) is 0 Å². The van der Waals surface area contributed by atoms with Crippen LogP contribution < -0.4 is 0 Å². The summed E-state index contributed by atoms with van der Waals surface area (Å²) in [4.78, 5) is 0. The molecule has 1 radical (unpaired) electrons. The van der Waals surface area contributed by atoms with Gasteiger partial charge in [0, 0.05) is 5.37 Å².